The van der Waals surface area contributed by atoms with E-state index in [1.54, 1.807) is 56.3 Å². The topological polar surface area (TPSA) is 201 Å². The molecular formula is C46H57ClN6O8. The first-order valence-electron chi connectivity index (χ1n) is 20.9. The van der Waals surface area contributed by atoms with Crippen LogP contribution in [0.4, 0.5) is 5.69 Å². The molecular weight excluding hydrogens is 800 g/mol. The summed E-state index contributed by atoms with van der Waals surface area (Å²) in [6.45, 7) is 3.43. The largest absolute Gasteiger partial charge is 0.467 e. The van der Waals surface area contributed by atoms with E-state index in [-0.39, 0.29) is 50.5 Å². The maximum absolute atomic E-state index is 14.0. The minimum atomic E-state index is -1.34. The third-order valence-electron chi connectivity index (χ3n) is 11.3. The lowest BCUT2D eigenvalue weighted by Gasteiger charge is -2.31. The molecule has 1 saturated carbocycles. The van der Waals surface area contributed by atoms with E-state index in [0.717, 1.165) is 18.4 Å². The monoisotopic (exact) mass is 856 g/mol. The van der Waals surface area contributed by atoms with Gasteiger partial charge in [-0.25, -0.2) is 4.79 Å². The van der Waals surface area contributed by atoms with Gasteiger partial charge in [-0.1, -0.05) is 85.1 Å². The third-order valence-corrected chi connectivity index (χ3v) is 11.7. The smallest absolute Gasteiger partial charge is 0.328 e. The number of halogens is 1. The van der Waals surface area contributed by atoms with Crippen molar-refractivity contribution in [3.05, 3.63) is 101 Å². The molecule has 3 atom stereocenters. The fourth-order valence-corrected chi connectivity index (χ4v) is 8.18. The molecule has 2 fully saturated rings. The summed E-state index contributed by atoms with van der Waals surface area (Å²) in [6.07, 6.45) is 4.57. The minimum absolute atomic E-state index is 0.0147. The maximum Gasteiger partial charge on any atom is 0.328 e. The molecule has 6 N–H and O–H groups in total. The number of esters is 1. The molecule has 0 aromatic heterocycles. The molecule has 1 aliphatic heterocycles. The van der Waals surface area contributed by atoms with Crippen molar-refractivity contribution in [2.75, 3.05) is 19.0 Å². The molecule has 0 radical (unpaired) electrons. The normalized spacial score (nSPS) is 20.4. The lowest BCUT2D eigenvalue weighted by molar-refractivity contribution is -0.145. The number of ether oxygens (including phenoxy) is 1. The number of benzene rings is 3. The van der Waals surface area contributed by atoms with Gasteiger partial charge in [-0.15, -0.1) is 0 Å². The Morgan fingerprint density at radius 3 is 2.15 bits per heavy atom. The van der Waals surface area contributed by atoms with Crippen molar-refractivity contribution in [3.63, 3.8) is 0 Å². The van der Waals surface area contributed by atoms with Crippen molar-refractivity contribution in [2.45, 2.75) is 115 Å². The molecule has 15 heteroatoms. The SMILES string of the molecule is COC(=O)[C@H]1CCCCNC(=O)C(C)(C)NC(=O)[C@@H](Cc2ccc(NC(=O)[C@H](Cc3ccccc3Cl)NC(=O)Cc3ccccc3)cc2)NC(=O)CC2(CCCC2)CC(=O)N1. The van der Waals surface area contributed by atoms with Crippen LogP contribution in [0.2, 0.25) is 5.02 Å². The summed E-state index contributed by atoms with van der Waals surface area (Å²) in [4.78, 5) is 93.8. The molecule has 1 spiro atoms. The Kier molecular flexibility index (Phi) is 16.4. The van der Waals surface area contributed by atoms with Gasteiger partial charge in [-0.3, -0.25) is 28.8 Å². The molecule has 0 unspecified atom stereocenters. The number of amides is 6. The molecule has 61 heavy (non-hydrogen) atoms. The predicted molar refractivity (Wildman–Crippen MR) is 231 cm³/mol. The molecule has 5 rings (SSSR count). The Morgan fingerprint density at radius 2 is 1.48 bits per heavy atom. The fourth-order valence-electron chi connectivity index (χ4n) is 7.97. The molecule has 2 aliphatic rings. The van der Waals surface area contributed by atoms with Gasteiger partial charge in [0.1, 0.15) is 23.7 Å². The van der Waals surface area contributed by atoms with Crippen LogP contribution in [0, 0.1) is 5.41 Å². The Labute approximate surface area is 362 Å². The Bertz CT molecular complexity index is 2040. The second-order valence-corrected chi connectivity index (χ2v) is 17.1. The average Bonchev–Trinajstić information content (AvgIpc) is 3.67. The zero-order valence-corrected chi connectivity index (χ0v) is 35.8. The van der Waals surface area contributed by atoms with Crippen molar-refractivity contribution in [1.29, 1.82) is 0 Å². The number of methoxy groups -OCH3 is 1. The standard InChI is InChI=1S/C46H57ClN6O8/c1-45(2)44(60)48-24-12-9-17-35(43(59)61-3)50-39(55)28-46(22-10-11-23-46)29-40(56)52-36(42(58)53-45)25-31-18-20-33(21-19-31)49-41(57)37(27-32-15-7-8-16-34(32)47)51-38(54)26-30-13-5-4-6-14-30/h4-8,13-16,18-21,35-37H,9-12,17,22-29H2,1-3H3,(H,48,60)(H,49,57)(H,50,55)(H,51,54)(H,52,56)(H,53,58)/t35-,36-,37+/m1/s1. The van der Waals surface area contributed by atoms with Crippen LogP contribution in [0.15, 0.2) is 78.9 Å². The Balaban J connectivity index is 1.32. The van der Waals surface area contributed by atoms with Crippen LogP contribution in [0.3, 0.4) is 0 Å². The van der Waals surface area contributed by atoms with Crippen LogP contribution in [0.1, 0.15) is 88.3 Å². The van der Waals surface area contributed by atoms with Crippen molar-refractivity contribution in [2.24, 2.45) is 5.41 Å². The first-order valence-corrected chi connectivity index (χ1v) is 21.3. The number of nitrogens with one attached hydrogen (secondary N) is 6. The van der Waals surface area contributed by atoms with Crippen LogP contribution in [-0.4, -0.2) is 78.7 Å². The quantitative estimate of drug-likeness (QED) is 0.161. The number of hydrogen-bond donors (Lipinski definition) is 6. The summed E-state index contributed by atoms with van der Waals surface area (Å²) in [7, 11) is 1.26. The van der Waals surface area contributed by atoms with Gasteiger partial charge in [0.25, 0.3) is 0 Å². The van der Waals surface area contributed by atoms with E-state index in [4.69, 9.17) is 16.3 Å². The number of hydrogen-bond acceptors (Lipinski definition) is 8. The molecule has 0 bridgehead atoms. The highest BCUT2D eigenvalue weighted by atomic mass is 35.5. The first kappa shape index (κ1) is 46.3. The van der Waals surface area contributed by atoms with Crippen molar-refractivity contribution in [3.8, 4) is 0 Å². The van der Waals surface area contributed by atoms with Crippen LogP contribution in [0.25, 0.3) is 0 Å². The number of rotatable bonds is 10. The van der Waals surface area contributed by atoms with Gasteiger partial charge in [0.05, 0.1) is 13.5 Å². The molecule has 3 aromatic rings. The van der Waals surface area contributed by atoms with Crippen LogP contribution < -0.4 is 31.9 Å². The van der Waals surface area contributed by atoms with E-state index in [9.17, 15) is 33.6 Å². The minimum Gasteiger partial charge on any atom is -0.467 e. The first-order chi connectivity index (χ1) is 29.1. The van der Waals surface area contributed by atoms with Crippen LogP contribution in [0.5, 0.6) is 0 Å². The lowest BCUT2D eigenvalue weighted by Crippen LogP contribution is -2.59. The average molecular weight is 857 g/mol. The lowest BCUT2D eigenvalue weighted by atomic mass is 9.78. The molecule has 1 heterocycles. The van der Waals surface area contributed by atoms with E-state index in [0.29, 0.717) is 53.9 Å². The Hall–Kier alpha value is -5.76. The predicted octanol–water partition coefficient (Wildman–Crippen LogP) is 4.47. The van der Waals surface area contributed by atoms with Crippen LogP contribution >= 0.6 is 11.6 Å². The maximum atomic E-state index is 14.0. The van der Waals surface area contributed by atoms with Gasteiger partial charge >= 0.3 is 5.97 Å². The molecule has 326 valence electrons. The summed E-state index contributed by atoms with van der Waals surface area (Å²) >= 11 is 6.44. The van der Waals surface area contributed by atoms with Crippen molar-refractivity contribution >= 4 is 58.7 Å². The molecule has 1 aliphatic carbocycles. The number of carbonyl (C=O) groups is 7. The number of carbonyl (C=O) groups excluding carboxylic acids is 7. The van der Waals surface area contributed by atoms with E-state index in [2.05, 4.69) is 31.9 Å². The van der Waals surface area contributed by atoms with E-state index >= 15 is 0 Å². The van der Waals surface area contributed by atoms with Gasteiger partial charge < -0.3 is 36.6 Å². The van der Waals surface area contributed by atoms with Gasteiger partial charge in [0.15, 0.2) is 0 Å². The summed E-state index contributed by atoms with van der Waals surface area (Å²) in [6, 6.07) is 20.2. The van der Waals surface area contributed by atoms with E-state index in [1.165, 1.54) is 7.11 Å². The highest BCUT2D eigenvalue weighted by Crippen LogP contribution is 2.44. The van der Waals surface area contributed by atoms with E-state index in [1.807, 2.05) is 36.4 Å². The highest BCUT2D eigenvalue weighted by Gasteiger charge is 2.40. The van der Waals surface area contributed by atoms with Gasteiger partial charge in [-0.2, -0.15) is 0 Å². The third kappa shape index (κ3) is 13.9. The molecule has 6 amide bonds. The molecule has 1 saturated heterocycles. The molecule has 3 aromatic carbocycles. The van der Waals surface area contributed by atoms with Crippen molar-refractivity contribution in [1.82, 2.24) is 26.6 Å². The molecule has 14 nitrogen and oxygen atoms in total. The Morgan fingerprint density at radius 1 is 0.820 bits per heavy atom. The van der Waals surface area contributed by atoms with E-state index < -0.39 is 58.7 Å². The summed E-state index contributed by atoms with van der Waals surface area (Å²) in [5.74, 6) is -3.13. The van der Waals surface area contributed by atoms with Gasteiger partial charge in [0, 0.05) is 42.9 Å². The summed E-state index contributed by atoms with van der Waals surface area (Å²) < 4.78 is 4.94. The van der Waals surface area contributed by atoms with Crippen LogP contribution in [-0.2, 0) is 57.6 Å². The number of anilines is 1. The van der Waals surface area contributed by atoms with Gasteiger partial charge in [0.2, 0.25) is 35.4 Å². The zero-order valence-electron chi connectivity index (χ0n) is 35.1. The second-order valence-electron chi connectivity index (χ2n) is 16.7. The summed E-state index contributed by atoms with van der Waals surface area (Å²) in [5.41, 5.74) is 0.568. The zero-order chi connectivity index (χ0) is 44.0. The van der Waals surface area contributed by atoms with Crippen molar-refractivity contribution < 1.29 is 38.3 Å². The second kappa shape index (κ2) is 21.7. The van der Waals surface area contributed by atoms with Gasteiger partial charge in [-0.05, 0) is 86.3 Å². The highest BCUT2D eigenvalue weighted by molar-refractivity contribution is 6.31. The fraction of sp³-hybridized carbons (Fsp3) is 0.457. The summed E-state index contributed by atoms with van der Waals surface area (Å²) in [5, 5.41) is 17.6.